The van der Waals surface area contributed by atoms with Crippen LogP contribution in [0.5, 0.6) is 0 Å². The molecular weight excluding hydrogens is 368 g/mol. The number of aliphatic hydroxyl groups excluding tert-OH is 2. The molecule has 3 aliphatic rings. The Bertz CT molecular complexity index is 712. The van der Waals surface area contributed by atoms with Gasteiger partial charge < -0.3 is 10.2 Å². The maximum absolute atomic E-state index is 10.1. The molecule has 0 bridgehead atoms. The first-order valence-corrected chi connectivity index (χ1v) is 12.3. The molecule has 0 saturated heterocycles. The summed E-state index contributed by atoms with van der Waals surface area (Å²) in [5.74, 6) is 3.38. The number of rotatable bonds is 5. The van der Waals surface area contributed by atoms with E-state index in [4.69, 9.17) is 0 Å². The molecule has 2 N–H and O–H groups in total. The van der Waals surface area contributed by atoms with Gasteiger partial charge in [0.25, 0.3) is 0 Å². The molecule has 30 heavy (non-hydrogen) atoms. The second-order valence-electron chi connectivity index (χ2n) is 11.0. The summed E-state index contributed by atoms with van der Waals surface area (Å²) in [6, 6.07) is 0. The quantitative estimate of drug-likeness (QED) is 0.499. The lowest BCUT2D eigenvalue weighted by Gasteiger charge is -2.44. The van der Waals surface area contributed by atoms with Crippen LogP contribution in [0.1, 0.15) is 79.6 Å². The summed E-state index contributed by atoms with van der Waals surface area (Å²) in [5, 5.41) is 20.2. The van der Waals surface area contributed by atoms with E-state index in [1.165, 1.54) is 32.1 Å². The Hall–Kier alpha value is -1.12. The normalized spacial score (nSPS) is 39.8. The van der Waals surface area contributed by atoms with Gasteiger partial charge in [0.05, 0.1) is 12.2 Å². The van der Waals surface area contributed by atoms with Crippen LogP contribution in [0, 0.1) is 35.0 Å². The van der Waals surface area contributed by atoms with Crippen molar-refractivity contribution >= 4 is 0 Å². The van der Waals surface area contributed by atoms with E-state index < -0.39 is 12.2 Å². The molecule has 0 aromatic rings. The standard InChI is InChI=1S/C28H44O2/c1-18(2)19(3)9-10-20(4)25-13-14-26-22(8-7-15-28(25,26)6)11-12-23-16-24(29)17-27(30)21(23)5/h9-12,18-20,24-27,29-30H,5,7-8,13-17H2,1-4,6H3/b10-9+,22-11?,23-12-/t19?,20?,24?,25-,26+,27?,28-/m1/s1. The first kappa shape index (κ1) is 23.5. The van der Waals surface area contributed by atoms with E-state index >= 15 is 0 Å². The van der Waals surface area contributed by atoms with Crippen LogP contribution in [0.15, 0.2) is 47.6 Å². The molecule has 4 unspecified atom stereocenters. The fourth-order valence-corrected chi connectivity index (χ4v) is 6.32. The van der Waals surface area contributed by atoms with E-state index in [1.807, 2.05) is 0 Å². The predicted molar refractivity (Wildman–Crippen MR) is 127 cm³/mol. The smallest absolute Gasteiger partial charge is 0.0811 e. The van der Waals surface area contributed by atoms with Crippen LogP contribution >= 0.6 is 0 Å². The summed E-state index contributed by atoms with van der Waals surface area (Å²) in [4.78, 5) is 0. The molecule has 168 valence electrons. The Kier molecular flexibility index (Phi) is 7.51. The number of hydrogen-bond acceptors (Lipinski definition) is 2. The summed E-state index contributed by atoms with van der Waals surface area (Å²) in [6.07, 6.45) is 15.8. The molecule has 0 heterocycles. The third kappa shape index (κ3) is 4.86. The Morgan fingerprint density at radius 1 is 1.07 bits per heavy atom. The molecule has 3 aliphatic carbocycles. The van der Waals surface area contributed by atoms with Gasteiger partial charge in [-0.1, -0.05) is 71.1 Å². The largest absolute Gasteiger partial charge is 0.393 e. The zero-order chi connectivity index (χ0) is 22.1. The van der Waals surface area contributed by atoms with E-state index in [-0.39, 0.29) is 0 Å². The lowest BCUT2D eigenvalue weighted by molar-refractivity contribution is 0.0862. The van der Waals surface area contributed by atoms with Gasteiger partial charge in [0.15, 0.2) is 0 Å². The molecule has 0 aromatic heterocycles. The molecule has 0 amide bonds. The Morgan fingerprint density at radius 3 is 2.50 bits per heavy atom. The fourth-order valence-electron chi connectivity index (χ4n) is 6.32. The van der Waals surface area contributed by atoms with Crippen LogP contribution in [0.4, 0.5) is 0 Å². The van der Waals surface area contributed by atoms with Crippen LogP contribution < -0.4 is 0 Å². The molecule has 0 aliphatic heterocycles. The van der Waals surface area contributed by atoms with Crippen molar-refractivity contribution in [3.8, 4) is 0 Å². The predicted octanol–water partition coefficient (Wildman–Crippen LogP) is 6.61. The zero-order valence-corrected chi connectivity index (χ0v) is 19.9. The minimum atomic E-state index is -0.605. The van der Waals surface area contributed by atoms with Crippen molar-refractivity contribution < 1.29 is 10.2 Å². The summed E-state index contributed by atoms with van der Waals surface area (Å²) >= 11 is 0. The highest BCUT2D eigenvalue weighted by Gasteiger charge is 2.50. The van der Waals surface area contributed by atoms with Gasteiger partial charge in [0.1, 0.15) is 0 Å². The Morgan fingerprint density at radius 2 is 1.80 bits per heavy atom. The number of allylic oxidation sites excluding steroid dienone is 5. The van der Waals surface area contributed by atoms with E-state index in [0.717, 1.165) is 17.1 Å². The van der Waals surface area contributed by atoms with Crippen molar-refractivity contribution in [3.05, 3.63) is 47.6 Å². The van der Waals surface area contributed by atoms with E-state index in [9.17, 15) is 10.2 Å². The highest BCUT2D eigenvalue weighted by molar-refractivity contribution is 5.38. The van der Waals surface area contributed by atoms with Gasteiger partial charge in [-0.3, -0.25) is 0 Å². The number of fused-ring (bicyclic) bond motifs is 1. The zero-order valence-electron chi connectivity index (χ0n) is 19.9. The first-order valence-electron chi connectivity index (χ1n) is 12.3. The fraction of sp³-hybridized carbons (Fsp3) is 0.714. The molecule has 2 nitrogen and oxygen atoms in total. The van der Waals surface area contributed by atoms with Crippen LogP contribution in [0.3, 0.4) is 0 Å². The van der Waals surface area contributed by atoms with E-state index in [1.54, 1.807) is 5.57 Å². The Balaban J connectivity index is 1.76. The van der Waals surface area contributed by atoms with Crippen LogP contribution in [0.2, 0.25) is 0 Å². The Labute approximate surface area is 184 Å². The third-order valence-electron chi connectivity index (χ3n) is 8.71. The van der Waals surface area contributed by atoms with Crippen molar-refractivity contribution in [2.45, 2.75) is 91.8 Å². The van der Waals surface area contributed by atoms with Gasteiger partial charge in [-0.25, -0.2) is 0 Å². The molecule has 3 saturated carbocycles. The number of hydrogen-bond donors (Lipinski definition) is 2. The van der Waals surface area contributed by atoms with Gasteiger partial charge in [-0.15, -0.1) is 0 Å². The lowest BCUT2D eigenvalue weighted by Crippen LogP contribution is -2.35. The van der Waals surface area contributed by atoms with Crippen molar-refractivity contribution in [2.75, 3.05) is 0 Å². The average Bonchev–Trinajstić information content (AvgIpc) is 3.04. The second kappa shape index (κ2) is 9.57. The minimum absolute atomic E-state index is 0.385. The lowest BCUT2D eigenvalue weighted by atomic mass is 9.61. The van der Waals surface area contributed by atoms with Crippen molar-refractivity contribution in [1.82, 2.24) is 0 Å². The monoisotopic (exact) mass is 412 g/mol. The molecule has 7 atom stereocenters. The van der Waals surface area contributed by atoms with E-state index in [0.29, 0.717) is 41.9 Å². The van der Waals surface area contributed by atoms with E-state index in [2.05, 4.69) is 65.5 Å². The molecule has 0 aromatic carbocycles. The summed E-state index contributed by atoms with van der Waals surface area (Å²) in [5.41, 5.74) is 3.77. The van der Waals surface area contributed by atoms with Crippen LogP contribution in [0.25, 0.3) is 0 Å². The third-order valence-corrected chi connectivity index (χ3v) is 8.71. The topological polar surface area (TPSA) is 40.5 Å². The van der Waals surface area contributed by atoms with Crippen molar-refractivity contribution in [2.24, 2.45) is 35.0 Å². The van der Waals surface area contributed by atoms with Crippen LogP contribution in [-0.2, 0) is 0 Å². The maximum Gasteiger partial charge on any atom is 0.0811 e. The highest BCUT2D eigenvalue weighted by Crippen LogP contribution is 2.59. The summed E-state index contributed by atoms with van der Waals surface area (Å²) in [6.45, 7) is 16.0. The maximum atomic E-state index is 10.1. The van der Waals surface area contributed by atoms with Gasteiger partial charge in [-0.05, 0) is 84.7 Å². The van der Waals surface area contributed by atoms with Crippen molar-refractivity contribution in [3.63, 3.8) is 0 Å². The van der Waals surface area contributed by atoms with Gasteiger partial charge in [-0.2, -0.15) is 0 Å². The molecule has 0 radical (unpaired) electrons. The van der Waals surface area contributed by atoms with Gasteiger partial charge in [0.2, 0.25) is 0 Å². The first-order chi connectivity index (χ1) is 14.1. The molecule has 0 spiro atoms. The SMILES string of the molecule is C=C1/C(=C\C=C2CCC[C@]3(C)[C@@H](C(C)/C=C/C(C)C(C)C)CC[C@@H]23)CC(O)CC1O. The molecular formula is C28H44O2. The molecule has 3 fully saturated rings. The minimum Gasteiger partial charge on any atom is -0.393 e. The number of aliphatic hydroxyl groups is 2. The van der Waals surface area contributed by atoms with Gasteiger partial charge >= 0.3 is 0 Å². The van der Waals surface area contributed by atoms with Crippen LogP contribution in [-0.4, -0.2) is 22.4 Å². The highest BCUT2D eigenvalue weighted by atomic mass is 16.3. The second-order valence-corrected chi connectivity index (χ2v) is 11.0. The molecule has 2 heteroatoms. The average molecular weight is 413 g/mol. The molecule has 3 rings (SSSR count). The van der Waals surface area contributed by atoms with Gasteiger partial charge in [0, 0.05) is 6.42 Å². The summed E-state index contributed by atoms with van der Waals surface area (Å²) < 4.78 is 0. The summed E-state index contributed by atoms with van der Waals surface area (Å²) in [7, 11) is 0. The van der Waals surface area contributed by atoms with Crippen molar-refractivity contribution in [1.29, 1.82) is 0 Å².